The topological polar surface area (TPSA) is 101 Å². The molecular formula is C18H38ClNO8P2. The van der Waals surface area contributed by atoms with Crippen molar-refractivity contribution in [2.45, 2.75) is 46.4 Å². The number of carbonyl (C=O) groups excluding carboxylic acids is 1. The van der Waals surface area contributed by atoms with Crippen molar-refractivity contribution in [3.8, 4) is 0 Å². The number of nitrogens with zero attached hydrogens (tertiary/aromatic N) is 1. The number of rotatable bonds is 19. The molecule has 0 aromatic carbocycles. The van der Waals surface area contributed by atoms with Crippen LogP contribution in [0.25, 0.3) is 0 Å². The van der Waals surface area contributed by atoms with Crippen LogP contribution in [-0.4, -0.2) is 81.2 Å². The van der Waals surface area contributed by atoms with Crippen LogP contribution in [0.15, 0.2) is 0 Å². The Balaban J connectivity index is 4.95. The molecule has 0 saturated carbocycles. The van der Waals surface area contributed by atoms with Crippen LogP contribution in [0.5, 0.6) is 0 Å². The lowest BCUT2D eigenvalue weighted by Gasteiger charge is -2.26. The molecule has 0 aliphatic carbocycles. The number of esters is 1. The third-order valence-electron chi connectivity index (χ3n) is 3.87. The average molecular weight is 494 g/mol. The summed E-state index contributed by atoms with van der Waals surface area (Å²) in [6, 6.07) is 0. The summed E-state index contributed by atoms with van der Waals surface area (Å²) in [5.41, 5.74) is 0. The molecule has 30 heavy (non-hydrogen) atoms. The molecule has 0 aliphatic rings. The number of hydrogen-bond donors (Lipinski definition) is 0. The van der Waals surface area contributed by atoms with Crippen LogP contribution in [-0.2, 0) is 36.8 Å². The minimum atomic E-state index is -3.21. The lowest BCUT2D eigenvalue weighted by atomic mass is 10.4. The molecule has 180 valence electrons. The molecule has 1 atom stereocenters. The molecule has 9 nitrogen and oxygen atoms in total. The number of ether oxygens (including phenoxy) is 1. The van der Waals surface area contributed by atoms with Crippen molar-refractivity contribution < 1.29 is 36.8 Å². The number of alkyl halides is 1. The Morgan fingerprint density at radius 2 is 1.23 bits per heavy atom. The average Bonchev–Trinajstić information content (AvgIpc) is 2.67. The summed E-state index contributed by atoms with van der Waals surface area (Å²) < 4.78 is 52.0. The highest BCUT2D eigenvalue weighted by atomic mass is 35.5. The first kappa shape index (κ1) is 30.0. The van der Waals surface area contributed by atoms with Crippen molar-refractivity contribution in [1.82, 2.24) is 4.90 Å². The molecule has 0 saturated heterocycles. The maximum atomic E-state index is 12.8. The fourth-order valence-electron chi connectivity index (χ4n) is 2.56. The van der Waals surface area contributed by atoms with Crippen LogP contribution in [0.2, 0.25) is 0 Å². The van der Waals surface area contributed by atoms with Gasteiger partial charge in [0.25, 0.3) is 0 Å². The molecular weight excluding hydrogens is 456 g/mol. The van der Waals surface area contributed by atoms with E-state index in [0.29, 0.717) is 26.1 Å². The van der Waals surface area contributed by atoms with E-state index >= 15 is 0 Å². The van der Waals surface area contributed by atoms with Gasteiger partial charge >= 0.3 is 21.2 Å². The van der Waals surface area contributed by atoms with Crippen LogP contribution < -0.4 is 0 Å². The Hall–Kier alpha value is 0.0200. The van der Waals surface area contributed by atoms with E-state index in [2.05, 4.69) is 0 Å². The van der Waals surface area contributed by atoms with Gasteiger partial charge in [0, 0.05) is 19.6 Å². The van der Waals surface area contributed by atoms with Gasteiger partial charge in [-0.25, -0.2) is 0 Å². The quantitative estimate of drug-likeness (QED) is 0.112. The molecule has 0 rings (SSSR count). The van der Waals surface area contributed by atoms with E-state index in [-0.39, 0.29) is 45.4 Å². The van der Waals surface area contributed by atoms with Crippen molar-refractivity contribution in [3.05, 3.63) is 0 Å². The van der Waals surface area contributed by atoms with Crippen LogP contribution in [0, 0.1) is 0 Å². The van der Waals surface area contributed by atoms with E-state index < -0.39 is 26.5 Å². The van der Waals surface area contributed by atoms with E-state index in [4.69, 9.17) is 34.4 Å². The summed E-state index contributed by atoms with van der Waals surface area (Å²) in [7, 11) is -6.41. The molecule has 12 heteroatoms. The van der Waals surface area contributed by atoms with E-state index in [1.54, 1.807) is 34.6 Å². The van der Waals surface area contributed by atoms with Crippen LogP contribution in [0.4, 0.5) is 0 Å². The Bertz CT molecular complexity index is 510. The van der Waals surface area contributed by atoms with Gasteiger partial charge in [-0.15, -0.1) is 11.6 Å². The third-order valence-corrected chi connectivity index (χ3v) is 8.15. The lowest BCUT2D eigenvalue weighted by Crippen LogP contribution is -2.32. The zero-order chi connectivity index (χ0) is 23.0. The standard InChI is InChI=1S/C18H38ClNO8P2/c1-6-25-29(22,26-7-2)15-12-20(11-10-14-24-18(21)17(5)19)13-16-30(23,27-8-3)28-9-4/h17H,6-16H2,1-5H3. The van der Waals surface area contributed by atoms with Crippen LogP contribution in [0.3, 0.4) is 0 Å². The maximum Gasteiger partial charge on any atom is 0.331 e. The predicted molar refractivity (Wildman–Crippen MR) is 119 cm³/mol. The Morgan fingerprint density at radius 3 is 1.57 bits per heavy atom. The second-order valence-corrected chi connectivity index (χ2v) is 11.3. The van der Waals surface area contributed by atoms with Gasteiger partial charge in [0.15, 0.2) is 0 Å². The van der Waals surface area contributed by atoms with Gasteiger partial charge in [0.05, 0.1) is 45.4 Å². The Kier molecular flexibility index (Phi) is 16.6. The summed E-state index contributed by atoms with van der Waals surface area (Å²) in [5.74, 6) is -0.474. The minimum Gasteiger partial charge on any atom is -0.465 e. The lowest BCUT2D eigenvalue weighted by molar-refractivity contribution is -0.143. The van der Waals surface area contributed by atoms with E-state index in [1.165, 1.54) is 0 Å². The van der Waals surface area contributed by atoms with Crippen molar-refractivity contribution in [2.24, 2.45) is 0 Å². The van der Waals surface area contributed by atoms with Gasteiger partial charge < -0.3 is 27.7 Å². The summed E-state index contributed by atoms with van der Waals surface area (Å²) in [6.07, 6.45) is 0.929. The van der Waals surface area contributed by atoms with Gasteiger partial charge in [-0.2, -0.15) is 0 Å². The highest BCUT2D eigenvalue weighted by molar-refractivity contribution is 7.54. The first-order chi connectivity index (χ1) is 14.1. The van der Waals surface area contributed by atoms with E-state index in [9.17, 15) is 13.9 Å². The number of halogens is 1. The first-order valence-corrected chi connectivity index (χ1v) is 14.3. The highest BCUT2D eigenvalue weighted by Crippen LogP contribution is 2.49. The largest absolute Gasteiger partial charge is 0.465 e. The van der Waals surface area contributed by atoms with Gasteiger partial charge in [-0.1, -0.05) is 0 Å². The van der Waals surface area contributed by atoms with E-state index in [0.717, 1.165) is 0 Å². The fraction of sp³-hybridized carbons (Fsp3) is 0.944. The molecule has 0 aromatic rings. The second-order valence-electron chi connectivity index (χ2n) is 6.32. The number of hydrogen-bond acceptors (Lipinski definition) is 9. The molecule has 0 amide bonds. The van der Waals surface area contributed by atoms with E-state index in [1.807, 2.05) is 4.90 Å². The first-order valence-electron chi connectivity index (χ1n) is 10.4. The van der Waals surface area contributed by atoms with Crippen LogP contribution >= 0.6 is 26.8 Å². The van der Waals surface area contributed by atoms with Crippen molar-refractivity contribution >= 4 is 32.8 Å². The normalized spacial score (nSPS) is 13.6. The highest BCUT2D eigenvalue weighted by Gasteiger charge is 2.27. The van der Waals surface area contributed by atoms with Crippen molar-refractivity contribution in [2.75, 3.05) is 65.0 Å². The van der Waals surface area contributed by atoms with Gasteiger partial charge in [-0.05, 0) is 41.0 Å². The molecule has 0 radical (unpaired) electrons. The molecule has 0 bridgehead atoms. The van der Waals surface area contributed by atoms with Gasteiger partial charge in [0.2, 0.25) is 0 Å². The number of carbonyl (C=O) groups is 1. The van der Waals surface area contributed by atoms with Crippen LogP contribution in [0.1, 0.15) is 41.0 Å². The monoisotopic (exact) mass is 493 g/mol. The third kappa shape index (κ3) is 13.4. The minimum absolute atomic E-state index is 0.195. The molecule has 0 aliphatic heterocycles. The summed E-state index contributed by atoms with van der Waals surface area (Å²) in [4.78, 5) is 13.4. The molecule has 0 spiro atoms. The van der Waals surface area contributed by atoms with Gasteiger partial charge in [0.1, 0.15) is 5.38 Å². The maximum absolute atomic E-state index is 12.8. The predicted octanol–water partition coefficient (Wildman–Crippen LogP) is 4.38. The summed E-state index contributed by atoms with van der Waals surface area (Å²) >= 11 is 5.69. The smallest absolute Gasteiger partial charge is 0.331 e. The Labute approximate surface area is 186 Å². The molecule has 1 unspecified atom stereocenters. The van der Waals surface area contributed by atoms with Gasteiger partial charge in [-0.3, -0.25) is 13.9 Å². The molecule has 0 fully saturated rings. The zero-order valence-electron chi connectivity index (χ0n) is 18.8. The summed E-state index contributed by atoms with van der Waals surface area (Å²) in [5, 5.41) is -0.701. The SMILES string of the molecule is CCOP(=O)(CCN(CCCOC(=O)C(C)Cl)CCP(=O)(OCC)OCC)OCC. The van der Waals surface area contributed by atoms with Crippen molar-refractivity contribution in [3.63, 3.8) is 0 Å². The fourth-order valence-corrected chi connectivity index (χ4v) is 5.92. The van der Waals surface area contributed by atoms with Crippen molar-refractivity contribution in [1.29, 1.82) is 0 Å². The summed E-state index contributed by atoms with van der Waals surface area (Å²) in [6.45, 7) is 11.3. The molecule has 0 heterocycles. The second kappa shape index (κ2) is 16.6. The molecule has 0 aromatic heterocycles. The zero-order valence-corrected chi connectivity index (χ0v) is 21.4. The molecule has 0 N–H and O–H groups in total. The Morgan fingerprint density at radius 1 is 0.833 bits per heavy atom.